The molecule has 1 rings (SSSR count). The number of carboxylic acids is 1. The number of aliphatic carboxylic acids is 1. The highest BCUT2D eigenvalue weighted by molar-refractivity contribution is 5.74. The van der Waals surface area contributed by atoms with E-state index in [-0.39, 0.29) is 25.9 Å². The van der Waals surface area contributed by atoms with Gasteiger partial charge < -0.3 is 39.0 Å². The van der Waals surface area contributed by atoms with Gasteiger partial charge in [0, 0.05) is 12.8 Å². The molecule has 1 aliphatic heterocycles. The summed E-state index contributed by atoms with van der Waals surface area (Å²) in [4.78, 5) is 51.0. The average Bonchev–Trinajstić information content (AvgIpc) is 3.39. The number of allylic oxidation sites excluding steroid dienone is 21. The van der Waals surface area contributed by atoms with E-state index in [2.05, 4.69) is 136 Å². The van der Waals surface area contributed by atoms with Crippen LogP contribution >= 0.6 is 0 Å². The zero-order chi connectivity index (χ0) is 54.7. The molecule has 75 heavy (non-hydrogen) atoms. The third-order valence-electron chi connectivity index (χ3n) is 11.7. The Morgan fingerprint density at radius 1 is 0.453 bits per heavy atom. The third kappa shape index (κ3) is 39.9. The zero-order valence-electron chi connectivity index (χ0n) is 46.0. The molecule has 1 aliphatic rings. The predicted molar refractivity (Wildman–Crippen MR) is 303 cm³/mol. The fourth-order valence-corrected chi connectivity index (χ4v) is 7.53. The molecule has 12 nitrogen and oxygen atoms in total. The minimum Gasteiger partial charge on any atom is -0.479 e. The van der Waals surface area contributed by atoms with Crippen LogP contribution in [0.25, 0.3) is 0 Å². The van der Waals surface area contributed by atoms with Crippen LogP contribution in [0.3, 0.4) is 0 Å². The van der Waals surface area contributed by atoms with Crippen molar-refractivity contribution in [2.75, 3.05) is 13.2 Å². The fourth-order valence-electron chi connectivity index (χ4n) is 7.53. The van der Waals surface area contributed by atoms with Crippen LogP contribution < -0.4 is 0 Å². The van der Waals surface area contributed by atoms with E-state index in [4.69, 9.17) is 23.7 Å². The molecule has 0 spiro atoms. The number of unbranched alkanes of at least 4 members (excludes halogenated alkanes) is 10. The van der Waals surface area contributed by atoms with Crippen molar-refractivity contribution in [3.8, 4) is 0 Å². The lowest BCUT2D eigenvalue weighted by atomic mass is 9.98. The largest absolute Gasteiger partial charge is 0.479 e. The fraction of sp³-hybridized carbons (Fsp3) is 0.587. The SMILES string of the molecule is CC/C=C\C/C=C\C/C=C\C/C=C\C/C=C\CC(=O)OCC(COC1OC(C(=O)O)C(O)C(O)C1OC(=O)CCCCCCCCC/C=C\C/C=C\C/C=C\CC)OC(=O)CCCCC/C=C\C/C=C\C/C=C\CC. The maximum absolute atomic E-state index is 13.1. The summed E-state index contributed by atoms with van der Waals surface area (Å²) in [7, 11) is 0. The first-order valence-electron chi connectivity index (χ1n) is 28.2. The minimum atomic E-state index is -1.93. The summed E-state index contributed by atoms with van der Waals surface area (Å²) in [5.74, 6) is -3.36. The molecule has 0 saturated carbocycles. The molecule has 1 fully saturated rings. The van der Waals surface area contributed by atoms with Gasteiger partial charge in [0.05, 0.1) is 13.0 Å². The van der Waals surface area contributed by atoms with E-state index in [1.54, 1.807) is 6.08 Å². The molecule has 1 saturated heterocycles. The highest BCUT2D eigenvalue weighted by Crippen LogP contribution is 2.26. The van der Waals surface area contributed by atoms with E-state index in [1.165, 1.54) is 0 Å². The van der Waals surface area contributed by atoms with Crippen molar-refractivity contribution in [3.05, 3.63) is 134 Å². The van der Waals surface area contributed by atoms with Crippen molar-refractivity contribution < 1.29 is 58.2 Å². The molecular weight excluding hydrogens is 949 g/mol. The highest BCUT2D eigenvalue weighted by atomic mass is 16.7. The van der Waals surface area contributed by atoms with E-state index in [9.17, 15) is 34.5 Å². The van der Waals surface area contributed by atoms with E-state index in [1.807, 2.05) is 12.2 Å². The number of hydrogen-bond acceptors (Lipinski definition) is 11. The Hall–Kier alpha value is -5.14. The molecule has 12 heteroatoms. The second-order valence-electron chi connectivity index (χ2n) is 18.4. The molecule has 0 amide bonds. The Balaban J connectivity index is 2.78. The molecule has 6 atom stereocenters. The molecule has 0 aromatic rings. The smallest absolute Gasteiger partial charge is 0.335 e. The first-order chi connectivity index (χ1) is 36.6. The van der Waals surface area contributed by atoms with Gasteiger partial charge in [0.1, 0.15) is 18.8 Å². The van der Waals surface area contributed by atoms with Crippen LogP contribution in [0.1, 0.15) is 188 Å². The summed E-state index contributed by atoms with van der Waals surface area (Å²) >= 11 is 0. The normalized spacial score (nSPS) is 19.2. The molecule has 3 N–H and O–H groups in total. The van der Waals surface area contributed by atoms with Gasteiger partial charge in [-0.2, -0.15) is 0 Å². The van der Waals surface area contributed by atoms with Crippen LogP contribution in [0.15, 0.2) is 134 Å². The highest BCUT2D eigenvalue weighted by Gasteiger charge is 2.50. The zero-order valence-corrected chi connectivity index (χ0v) is 46.0. The van der Waals surface area contributed by atoms with Crippen LogP contribution in [-0.4, -0.2) is 89.2 Å². The van der Waals surface area contributed by atoms with E-state index in [0.29, 0.717) is 19.3 Å². The van der Waals surface area contributed by atoms with Gasteiger partial charge in [-0.15, -0.1) is 0 Å². The molecule has 0 aromatic heterocycles. The Bertz CT molecular complexity index is 1810. The van der Waals surface area contributed by atoms with Crippen molar-refractivity contribution in [2.45, 2.75) is 225 Å². The Kier molecular flexibility index (Phi) is 45.0. The summed E-state index contributed by atoms with van der Waals surface area (Å²) in [6.07, 6.45) is 57.4. The number of carboxylic acid groups (broad SMARTS) is 1. The first-order valence-corrected chi connectivity index (χ1v) is 28.2. The van der Waals surface area contributed by atoms with Crippen LogP contribution in [0, 0.1) is 0 Å². The summed E-state index contributed by atoms with van der Waals surface area (Å²) < 4.78 is 28.2. The Labute approximate surface area is 451 Å². The average molecular weight is 1050 g/mol. The summed E-state index contributed by atoms with van der Waals surface area (Å²) in [6, 6.07) is 0. The number of ether oxygens (including phenoxy) is 5. The van der Waals surface area contributed by atoms with E-state index < -0.39 is 67.3 Å². The van der Waals surface area contributed by atoms with Gasteiger partial charge in [-0.25, -0.2) is 4.79 Å². The predicted octanol–water partition coefficient (Wildman–Crippen LogP) is 14.2. The van der Waals surface area contributed by atoms with E-state index in [0.717, 1.165) is 128 Å². The molecule has 420 valence electrons. The summed E-state index contributed by atoms with van der Waals surface area (Å²) in [5.41, 5.74) is 0. The lowest BCUT2D eigenvalue weighted by Crippen LogP contribution is -2.61. The quantitative estimate of drug-likeness (QED) is 0.0228. The number of esters is 3. The first kappa shape index (κ1) is 67.9. The van der Waals surface area contributed by atoms with Crippen molar-refractivity contribution in [1.82, 2.24) is 0 Å². The number of carbonyl (C=O) groups excluding carboxylic acids is 3. The summed E-state index contributed by atoms with van der Waals surface area (Å²) in [6.45, 7) is 5.51. The van der Waals surface area contributed by atoms with Gasteiger partial charge in [-0.05, 0) is 109 Å². The van der Waals surface area contributed by atoms with Crippen molar-refractivity contribution in [3.63, 3.8) is 0 Å². The second kappa shape index (κ2) is 49.7. The maximum Gasteiger partial charge on any atom is 0.335 e. The molecule has 1 heterocycles. The van der Waals surface area contributed by atoms with Crippen molar-refractivity contribution in [2.24, 2.45) is 0 Å². The van der Waals surface area contributed by atoms with E-state index >= 15 is 0 Å². The number of carbonyl (C=O) groups is 4. The molecular formula is C63H96O12. The Morgan fingerprint density at radius 2 is 0.840 bits per heavy atom. The molecule has 0 bridgehead atoms. The maximum atomic E-state index is 13.1. The lowest BCUT2D eigenvalue weighted by Gasteiger charge is -2.40. The van der Waals surface area contributed by atoms with Crippen LogP contribution in [-0.2, 0) is 42.9 Å². The van der Waals surface area contributed by atoms with Gasteiger partial charge in [-0.1, -0.05) is 193 Å². The second-order valence-corrected chi connectivity index (χ2v) is 18.4. The molecule has 6 unspecified atom stereocenters. The molecule has 0 radical (unpaired) electrons. The Morgan fingerprint density at radius 3 is 1.29 bits per heavy atom. The lowest BCUT2D eigenvalue weighted by molar-refractivity contribution is -0.301. The number of rotatable bonds is 45. The monoisotopic (exact) mass is 1040 g/mol. The van der Waals surface area contributed by atoms with Gasteiger partial charge >= 0.3 is 23.9 Å². The summed E-state index contributed by atoms with van der Waals surface area (Å²) in [5, 5.41) is 31.4. The van der Waals surface area contributed by atoms with Crippen LogP contribution in [0.2, 0.25) is 0 Å². The molecule has 0 aliphatic carbocycles. The van der Waals surface area contributed by atoms with Gasteiger partial charge in [0.25, 0.3) is 0 Å². The standard InChI is InChI=1S/C63H96O12/c1-4-7-10-13-16-19-22-25-27-28-30-33-36-39-42-45-48-51-57(66)74-61-59(68)58(67)60(62(69)70)75-63(61)72-53-54(73-56(65)50-47-44-41-38-35-31-24-21-18-15-12-9-6-3)52-71-55(64)49-46-43-40-37-34-32-29-26-23-20-17-14-11-8-5-2/h7-12,16-21,25-27,29,31,34-35,37,43,46,54,58-61,63,67-68H,4-6,13-15,22-24,28,30,32-33,36,38-42,44-45,47-53H2,1-3H3,(H,69,70)/b10-7-,11-8-,12-9-,19-16-,20-17-,21-18-,27-25-,29-26-,35-31-,37-34-,46-43-. The third-order valence-corrected chi connectivity index (χ3v) is 11.7. The van der Waals surface area contributed by atoms with Crippen molar-refractivity contribution in [1.29, 1.82) is 0 Å². The number of aliphatic hydroxyl groups is 2. The van der Waals surface area contributed by atoms with Crippen LogP contribution in [0.5, 0.6) is 0 Å². The molecule has 0 aromatic carbocycles. The van der Waals surface area contributed by atoms with Gasteiger partial charge in [0.2, 0.25) is 0 Å². The minimum absolute atomic E-state index is 0.0292. The topological polar surface area (TPSA) is 175 Å². The van der Waals surface area contributed by atoms with Crippen LogP contribution in [0.4, 0.5) is 0 Å². The van der Waals surface area contributed by atoms with Gasteiger partial charge in [0.15, 0.2) is 24.6 Å². The van der Waals surface area contributed by atoms with Gasteiger partial charge in [-0.3, -0.25) is 14.4 Å². The number of aliphatic hydroxyl groups excluding tert-OH is 2. The number of hydrogen-bond donors (Lipinski definition) is 3. The van der Waals surface area contributed by atoms with Crippen molar-refractivity contribution >= 4 is 23.9 Å².